The van der Waals surface area contributed by atoms with Gasteiger partial charge in [-0.05, 0) is 30.3 Å². The highest BCUT2D eigenvalue weighted by Gasteiger charge is 2.13. The molecule has 2 aromatic rings. The van der Waals surface area contributed by atoms with E-state index in [0.717, 1.165) is 6.07 Å². The van der Waals surface area contributed by atoms with Gasteiger partial charge < -0.3 is 21.4 Å². The number of amides is 1. The Labute approximate surface area is 119 Å². The maximum Gasteiger partial charge on any atom is 0.259 e. The molecule has 0 heterocycles. The fourth-order valence-electron chi connectivity index (χ4n) is 1.72. The summed E-state index contributed by atoms with van der Waals surface area (Å²) in [4.78, 5) is 12.0. The van der Waals surface area contributed by atoms with Crippen LogP contribution in [-0.2, 0) is 0 Å². The second-order valence-corrected chi connectivity index (χ2v) is 4.15. The fourth-order valence-corrected chi connectivity index (χ4v) is 1.72. The predicted octanol–water partition coefficient (Wildman–Crippen LogP) is 1.88. The summed E-state index contributed by atoms with van der Waals surface area (Å²) in [5.41, 5.74) is 5.51. The number of amidine groups is 1. The van der Waals surface area contributed by atoms with Gasteiger partial charge in [0.2, 0.25) is 0 Å². The second-order valence-electron chi connectivity index (χ2n) is 4.15. The van der Waals surface area contributed by atoms with Crippen LogP contribution in [0.5, 0.6) is 5.75 Å². The third-order valence-electron chi connectivity index (χ3n) is 2.76. The van der Waals surface area contributed by atoms with Gasteiger partial charge in [0.05, 0.1) is 11.1 Å². The topological polar surface area (TPSA) is 108 Å². The molecule has 0 aromatic heterocycles. The van der Waals surface area contributed by atoms with Crippen LogP contribution in [0.2, 0.25) is 0 Å². The summed E-state index contributed by atoms with van der Waals surface area (Å²) >= 11 is 0. The minimum absolute atomic E-state index is 0.0761. The lowest BCUT2D eigenvalue weighted by molar-refractivity contribution is 0.102. The molecule has 0 fully saturated rings. The number of hydrogen-bond acceptors (Lipinski definition) is 4. The van der Waals surface area contributed by atoms with E-state index in [9.17, 15) is 14.3 Å². The number of phenols is 1. The number of carbonyl (C=O) groups is 1. The molecule has 108 valence electrons. The quantitative estimate of drug-likeness (QED) is 0.299. The predicted molar refractivity (Wildman–Crippen MR) is 75.0 cm³/mol. The van der Waals surface area contributed by atoms with Gasteiger partial charge in [0.15, 0.2) is 5.84 Å². The molecule has 0 aliphatic heterocycles. The van der Waals surface area contributed by atoms with E-state index in [4.69, 9.17) is 10.9 Å². The molecule has 0 radical (unpaired) electrons. The summed E-state index contributed by atoms with van der Waals surface area (Å²) in [7, 11) is 0. The van der Waals surface area contributed by atoms with Gasteiger partial charge in [-0.1, -0.05) is 17.3 Å². The van der Waals surface area contributed by atoms with Crippen molar-refractivity contribution in [3.63, 3.8) is 0 Å². The Bertz CT molecular complexity index is 716. The second kappa shape index (κ2) is 5.91. The molecule has 2 aromatic carbocycles. The van der Waals surface area contributed by atoms with Gasteiger partial charge in [-0.3, -0.25) is 4.79 Å². The van der Waals surface area contributed by atoms with Crippen LogP contribution in [0.4, 0.5) is 10.1 Å². The first-order valence-electron chi connectivity index (χ1n) is 5.89. The van der Waals surface area contributed by atoms with E-state index in [1.807, 2.05) is 0 Å². The van der Waals surface area contributed by atoms with Crippen molar-refractivity contribution >= 4 is 17.4 Å². The zero-order valence-electron chi connectivity index (χ0n) is 10.7. The van der Waals surface area contributed by atoms with Gasteiger partial charge in [0.1, 0.15) is 11.6 Å². The fraction of sp³-hybridized carbons (Fsp3) is 0. The van der Waals surface area contributed by atoms with E-state index in [2.05, 4.69) is 10.5 Å². The molecule has 0 saturated heterocycles. The lowest BCUT2D eigenvalue weighted by Gasteiger charge is -2.08. The van der Waals surface area contributed by atoms with Crippen LogP contribution in [-0.4, -0.2) is 22.1 Å². The minimum Gasteiger partial charge on any atom is -0.507 e. The summed E-state index contributed by atoms with van der Waals surface area (Å²) in [6, 6.07) is 9.62. The number of nitrogens with one attached hydrogen (secondary N) is 1. The van der Waals surface area contributed by atoms with Gasteiger partial charge in [0.25, 0.3) is 5.91 Å². The summed E-state index contributed by atoms with van der Waals surface area (Å²) in [5.74, 6) is -1.84. The van der Waals surface area contributed by atoms with E-state index in [1.54, 1.807) is 12.1 Å². The Balaban J connectivity index is 2.28. The zero-order chi connectivity index (χ0) is 15.4. The normalized spacial score (nSPS) is 11.2. The lowest BCUT2D eigenvalue weighted by atomic mass is 10.1. The molecule has 0 spiro atoms. The average Bonchev–Trinajstić information content (AvgIpc) is 2.48. The molecule has 5 N–H and O–H groups in total. The van der Waals surface area contributed by atoms with Crippen molar-refractivity contribution in [3.8, 4) is 5.75 Å². The third-order valence-corrected chi connectivity index (χ3v) is 2.76. The van der Waals surface area contributed by atoms with Gasteiger partial charge >= 0.3 is 0 Å². The molecule has 0 aliphatic rings. The van der Waals surface area contributed by atoms with Gasteiger partial charge in [-0.25, -0.2) is 4.39 Å². The van der Waals surface area contributed by atoms with E-state index in [0.29, 0.717) is 0 Å². The highest BCUT2D eigenvalue weighted by molar-refractivity contribution is 6.07. The van der Waals surface area contributed by atoms with E-state index >= 15 is 0 Å². The molecule has 21 heavy (non-hydrogen) atoms. The van der Waals surface area contributed by atoms with Crippen molar-refractivity contribution in [2.75, 3.05) is 5.32 Å². The molecule has 7 heteroatoms. The number of hydrogen-bond donors (Lipinski definition) is 4. The van der Waals surface area contributed by atoms with E-state index in [1.165, 1.54) is 24.3 Å². The Morgan fingerprint density at radius 1 is 1.19 bits per heavy atom. The first-order valence-corrected chi connectivity index (χ1v) is 5.89. The van der Waals surface area contributed by atoms with Crippen molar-refractivity contribution in [1.29, 1.82) is 0 Å². The minimum atomic E-state index is -0.689. The van der Waals surface area contributed by atoms with Crippen molar-refractivity contribution in [3.05, 3.63) is 59.4 Å². The van der Waals surface area contributed by atoms with E-state index < -0.39 is 17.6 Å². The number of phenolic OH excluding ortho intramolecular Hbond substituents is 1. The highest BCUT2D eigenvalue weighted by Crippen LogP contribution is 2.19. The molecule has 2 rings (SSSR count). The lowest BCUT2D eigenvalue weighted by Crippen LogP contribution is -2.17. The largest absolute Gasteiger partial charge is 0.507 e. The molecule has 1 amide bonds. The average molecular weight is 289 g/mol. The number of para-hydroxylation sites is 1. The molecule has 0 saturated carbocycles. The number of nitrogens with two attached hydrogens (primary N) is 1. The first kappa shape index (κ1) is 14.3. The van der Waals surface area contributed by atoms with Crippen LogP contribution in [0.15, 0.2) is 47.6 Å². The number of halogens is 1. The molecular formula is C14H12FN3O3. The Morgan fingerprint density at radius 2 is 1.90 bits per heavy atom. The van der Waals surface area contributed by atoms with Gasteiger partial charge in [-0.15, -0.1) is 0 Å². The van der Waals surface area contributed by atoms with Gasteiger partial charge in [-0.2, -0.15) is 0 Å². The Hall–Kier alpha value is -3.09. The van der Waals surface area contributed by atoms with Crippen LogP contribution in [0.1, 0.15) is 15.9 Å². The Kier molecular flexibility index (Phi) is 4.03. The molecule has 0 aliphatic carbocycles. The standard InChI is InChI=1S/C14H12FN3O3/c15-11-6-5-8(7-10(11)13(16)18-21)17-14(20)9-3-1-2-4-12(9)19/h1-7,19,21H,(H2,16,18)(H,17,20). The summed E-state index contributed by atoms with van der Waals surface area (Å²) in [6.07, 6.45) is 0. The van der Waals surface area contributed by atoms with Gasteiger partial charge in [0, 0.05) is 5.69 Å². The molecule has 0 unspecified atom stereocenters. The number of aromatic hydroxyl groups is 1. The summed E-state index contributed by atoms with van der Waals surface area (Å²) < 4.78 is 13.5. The summed E-state index contributed by atoms with van der Waals surface area (Å²) in [6.45, 7) is 0. The number of benzene rings is 2. The highest BCUT2D eigenvalue weighted by atomic mass is 19.1. The molecule has 0 atom stereocenters. The van der Waals surface area contributed by atoms with E-state index in [-0.39, 0.29) is 22.6 Å². The number of nitrogens with zero attached hydrogens (tertiary/aromatic N) is 1. The number of anilines is 1. The number of rotatable bonds is 3. The summed E-state index contributed by atoms with van der Waals surface area (Å²) in [5, 5.41) is 23.4. The molecule has 0 bridgehead atoms. The van der Waals surface area contributed by atoms with Crippen LogP contribution in [0, 0.1) is 5.82 Å². The van der Waals surface area contributed by atoms with Crippen LogP contribution in [0.25, 0.3) is 0 Å². The SMILES string of the molecule is NC(=NO)c1cc(NC(=O)c2ccccc2O)ccc1F. The Morgan fingerprint density at radius 3 is 2.57 bits per heavy atom. The zero-order valence-corrected chi connectivity index (χ0v) is 10.7. The van der Waals surface area contributed by atoms with Crippen molar-refractivity contribution in [2.24, 2.45) is 10.9 Å². The molecule has 6 nitrogen and oxygen atoms in total. The third kappa shape index (κ3) is 3.08. The monoisotopic (exact) mass is 289 g/mol. The first-order chi connectivity index (χ1) is 10.0. The smallest absolute Gasteiger partial charge is 0.259 e. The molecular weight excluding hydrogens is 277 g/mol. The van der Waals surface area contributed by atoms with Crippen molar-refractivity contribution < 1.29 is 19.5 Å². The van der Waals surface area contributed by atoms with Crippen molar-refractivity contribution in [1.82, 2.24) is 0 Å². The van der Waals surface area contributed by atoms with Crippen LogP contribution >= 0.6 is 0 Å². The maximum atomic E-state index is 13.5. The maximum absolute atomic E-state index is 13.5. The van der Waals surface area contributed by atoms with Crippen LogP contribution in [0.3, 0.4) is 0 Å². The number of carbonyl (C=O) groups excluding carboxylic acids is 1. The van der Waals surface area contributed by atoms with Crippen LogP contribution < -0.4 is 11.1 Å². The number of oxime groups is 1. The van der Waals surface area contributed by atoms with Crippen molar-refractivity contribution in [2.45, 2.75) is 0 Å².